The van der Waals surface area contributed by atoms with Gasteiger partial charge in [-0.2, -0.15) is 0 Å². The second-order valence-corrected chi connectivity index (χ2v) is 7.79. The Morgan fingerprint density at radius 3 is 2.75 bits per heavy atom. The standard InChI is InChI=1S/C19H19FN4O3S/c1-10(23-11(2)25)9-26-15-7-22-16(8-21-15)27-14-6-5-13-18(17(14)20)28-19(24-13)12-3-4-12/h5-8,10,12H,3-4,9H2,1-2H3,(H,23,25). The Morgan fingerprint density at radius 2 is 2.07 bits per heavy atom. The van der Waals surface area contributed by atoms with Crippen LogP contribution in [0.3, 0.4) is 0 Å². The summed E-state index contributed by atoms with van der Waals surface area (Å²) in [4.78, 5) is 23.7. The molecule has 28 heavy (non-hydrogen) atoms. The van der Waals surface area contributed by atoms with E-state index in [2.05, 4.69) is 20.3 Å². The first-order valence-electron chi connectivity index (χ1n) is 8.98. The third-order valence-corrected chi connectivity index (χ3v) is 5.38. The summed E-state index contributed by atoms with van der Waals surface area (Å²) in [6.07, 6.45) is 5.01. The maximum Gasteiger partial charge on any atom is 0.238 e. The minimum Gasteiger partial charge on any atom is -0.474 e. The summed E-state index contributed by atoms with van der Waals surface area (Å²) in [5.74, 6) is 0.446. The number of aromatic nitrogens is 3. The highest BCUT2D eigenvalue weighted by molar-refractivity contribution is 7.18. The number of ether oxygens (including phenoxy) is 2. The molecule has 1 unspecified atom stereocenters. The molecule has 1 fully saturated rings. The number of carbonyl (C=O) groups excluding carboxylic acids is 1. The largest absolute Gasteiger partial charge is 0.474 e. The summed E-state index contributed by atoms with van der Waals surface area (Å²) in [5, 5.41) is 3.69. The van der Waals surface area contributed by atoms with E-state index in [9.17, 15) is 9.18 Å². The van der Waals surface area contributed by atoms with Crippen LogP contribution >= 0.6 is 11.3 Å². The van der Waals surface area contributed by atoms with Crippen molar-refractivity contribution < 1.29 is 18.7 Å². The van der Waals surface area contributed by atoms with Crippen LogP contribution in [0.2, 0.25) is 0 Å². The second-order valence-electron chi connectivity index (χ2n) is 6.76. The molecule has 1 N–H and O–H groups in total. The van der Waals surface area contributed by atoms with Gasteiger partial charge in [-0.3, -0.25) is 4.79 Å². The lowest BCUT2D eigenvalue weighted by molar-refractivity contribution is -0.119. The van der Waals surface area contributed by atoms with Gasteiger partial charge in [-0.15, -0.1) is 11.3 Å². The Hall–Kier alpha value is -2.81. The fourth-order valence-electron chi connectivity index (χ4n) is 2.69. The van der Waals surface area contributed by atoms with Gasteiger partial charge in [0.15, 0.2) is 11.6 Å². The first-order chi connectivity index (χ1) is 13.5. The van der Waals surface area contributed by atoms with Crippen molar-refractivity contribution in [3.63, 3.8) is 0 Å². The van der Waals surface area contributed by atoms with Crippen LogP contribution in [-0.2, 0) is 4.79 Å². The van der Waals surface area contributed by atoms with E-state index in [-0.39, 0.29) is 36.1 Å². The molecule has 1 amide bonds. The zero-order valence-corrected chi connectivity index (χ0v) is 16.3. The van der Waals surface area contributed by atoms with Crippen LogP contribution in [-0.4, -0.2) is 33.5 Å². The number of fused-ring (bicyclic) bond motifs is 1. The number of benzene rings is 1. The van der Waals surface area contributed by atoms with Gasteiger partial charge in [0.05, 0.1) is 33.7 Å². The number of thiazole rings is 1. The lowest BCUT2D eigenvalue weighted by Gasteiger charge is -2.13. The third-order valence-electron chi connectivity index (χ3n) is 4.15. The highest BCUT2D eigenvalue weighted by Gasteiger charge is 2.28. The van der Waals surface area contributed by atoms with Crippen molar-refractivity contribution in [2.24, 2.45) is 0 Å². The van der Waals surface area contributed by atoms with Gasteiger partial charge in [0, 0.05) is 12.8 Å². The van der Waals surface area contributed by atoms with Gasteiger partial charge in [0.1, 0.15) is 6.61 Å². The normalized spacial score (nSPS) is 14.7. The van der Waals surface area contributed by atoms with Crippen LogP contribution in [0.15, 0.2) is 24.5 Å². The molecule has 0 saturated heterocycles. The van der Waals surface area contributed by atoms with Crippen molar-refractivity contribution in [3.05, 3.63) is 35.4 Å². The predicted octanol–water partition coefficient (Wildman–Crippen LogP) is 3.80. The molecule has 1 aromatic carbocycles. The number of amides is 1. The molecule has 1 aliphatic carbocycles. The van der Waals surface area contributed by atoms with Crippen LogP contribution in [0.4, 0.5) is 4.39 Å². The average molecular weight is 402 g/mol. The summed E-state index contributed by atoms with van der Waals surface area (Å²) in [6, 6.07) is 3.15. The lowest BCUT2D eigenvalue weighted by atomic mass is 10.3. The number of hydrogen-bond acceptors (Lipinski definition) is 7. The van der Waals surface area contributed by atoms with Crippen molar-refractivity contribution in [3.8, 4) is 17.5 Å². The Labute approximate surface area is 164 Å². The minimum atomic E-state index is -0.437. The van der Waals surface area contributed by atoms with Crippen LogP contribution in [0.1, 0.15) is 37.6 Å². The molecule has 7 nitrogen and oxygen atoms in total. The van der Waals surface area contributed by atoms with Gasteiger partial charge < -0.3 is 14.8 Å². The van der Waals surface area contributed by atoms with Gasteiger partial charge in [-0.05, 0) is 31.9 Å². The Morgan fingerprint density at radius 1 is 1.32 bits per heavy atom. The van der Waals surface area contributed by atoms with Gasteiger partial charge in [-0.1, -0.05) is 0 Å². The molecule has 1 saturated carbocycles. The number of nitrogens with one attached hydrogen (secondary N) is 1. The van der Waals surface area contributed by atoms with Crippen molar-refractivity contribution in [2.75, 3.05) is 6.61 Å². The molecule has 3 aromatic rings. The van der Waals surface area contributed by atoms with Crippen LogP contribution in [0.5, 0.6) is 17.5 Å². The zero-order chi connectivity index (χ0) is 19.7. The van der Waals surface area contributed by atoms with Crippen molar-refractivity contribution >= 4 is 27.5 Å². The highest BCUT2D eigenvalue weighted by atomic mass is 32.1. The van der Waals surface area contributed by atoms with Crippen LogP contribution < -0.4 is 14.8 Å². The molecular formula is C19H19FN4O3S. The van der Waals surface area contributed by atoms with E-state index in [0.717, 1.165) is 17.8 Å². The Bertz CT molecular complexity index is 1000. The Kier molecular flexibility index (Phi) is 5.08. The summed E-state index contributed by atoms with van der Waals surface area (Å²) in [6.45, 7) is 3.52. The topological polar surface area (TPSA) is 86.2 Å². The van der Waals surface area contributed by atoms with E-state index in [4.69, 9.17) is 9.47 Å². The molecule has 146 valence electrons. The maximum atomic E-state index is 14.8. The number of hydrogen-bond donors (Lipinski definition) is 1. The number of halogens is 1. The lowest BCUT2D eigenvalue weighted by Crippen LogP contribution is -2.35. The summed E-state index contributed by atoms with van der Waals surface area (Å²) >= 11 is 1.38. The van der Waals surface area contributed by atoms with Gasteiger partial charge >= 0.3 is 0 Å². The number of carbonyl (C=O) groups is 1. The highest BCUT2D eigenvalue weighted by Crippen LogP contribution is 2.44. The molecule has 1 atom stereocenters. The van der Waals surface area contributed by atoms with E-state index in [1.807, 2.05) is 6.92 Å². The Balaban J connectivity index is 1.42. The fraction of sp³-hybridized carbons (Fsp3) is 0.368. The molecule has 0 bridgehead atoms. The zero-order valence-electron chi connectivity index (χ0n) is 15.4. The fourth-order valence-corrected chi connectivity index (χ4v) is 3.85. The molecule has 4 rings (SSSR count). The molecule has 2 heterocycles. The summed E-state index contributed by atoms with van der Waals surface area (Å²) < 4.78 is 26.3. The predicted molar refractivity (Wildman–Crippen MR) is 102 cm³/mol. The number of rotatable bonds is 7. The van der Waals surface area contributed by atoms with E-state index in [1.165, 1.54) is 30.7 Å². The SMILES string of the molecule is CC(=O)NC(C)COc1cnc(Oc2ccc3nc(C4CC4)sc3c2F)cn1. The first-order valence-corrected chi connectivity index (χ1v) is 9.80. The molecule has 0 aliphatic heterocycles. The number of nitrogens with zero attached hydrogens (tertiary/aromatic N) is 3. The third kappa shape index (κ3) is 4.19. The molecule has 1 aliphatic rings. The van der Waals surface area contributed by atoms with Crippen LogP contribution in [0.25, 0.3) is 10.2 Å². The average Bonchev–Trinajstić information content (AvgIpc) is 3.42. The minimum absolute atomic E-state index is 0.0840. The van der Waals surface area contributed by atoms with Crippen molar-refractivity contribution in [1.29, 1.82) is 0 Å². The maximum absolute atomic E-state index is 14.8. The summed E-state index contributed by atoms with van der Waals surface area (Å²) in [5.41, 5.74) is 0.653. The van der Waals surface area contributed by atoms with Gasteiger partial charge in [-0.25, -0.2) is 19.3 Å². The van der Waals surface area contributed by atoms with Crippen molar-refractivity contribution in [1.82, 2.24) is 20.3 Å². The van der Waals surface area contributed by atoms with E-state index in [1.54, 1.807) is 12.1 Å². The molecule has 2 aromatic heterocycles. The van der Waals surface area contributed by atoms with Crippen molar-refractivity contribution in [2.45, 2.75) is 38.6 Å². The quantitative estimate of drug-likeness (QED) is 0.647. The molecule has 9 heteroatoms. The monoisotopic (exact) mass is 402 g/mol. The van der Waals surface area contributed by atoms with E-state index >= 15 is 0 Å². The van der Waals surface area contributed by atoms with Gasteiger partial charge in [0.25, 0.3) is 0 Å². The van der Waals surface area contributed by atoms with Gasteiger partial charge in [0.2, 0.25) is 17.7 Å². The molecule has 0 radical (unpaired) electrons. The first kappa shape index (κ1) is 18.5. The summed E-state index contributed by atoms with van der Waals surface area (Å²) in [7, 11) is 0. The molecular weight excluding hydrogens is 383 g/mol. The van der Waals surface area contributed by atoms with E-state index < -0.39 is 5.82 Å². The van der Waals surface area contributed by atoms with E-state index in [0.29, 0.717) is 16.1 Å². The second kappa shape index (κ2) is 7.67. The molecule has 0 spiro atoms. The van der Waals surface area contributed by atoms with Crippen LogP contribution in [0, 0.1) is 5.82 Å². The smallest absolute Gasteiger partial charge is 0.238 e.